The molecule has 0 radical (unpaired) electrons. The molecule has 0 aliphatic carbocycles. The third kappa shape index (κ3) is 3.23. The van der Waals surface area contributed by atoms with Crippen LogP contribution in [0.25, 0.3) is 0 Å². The van der Waals surface area contributed by atoms with E-state index in [9.17, 15) is 4.79 Å². The second kappa shape index (κ2) is 6.20. The van der Waals surface area contributed by atoms with Gasteiger partial charge in [-0.15, -0.1) is 0 Å². The summed E-state index contributed by atoms with van der Waals surface area (Å²) in [5, 5.41) is 3.32. The van der Waals surface area contributed by atoms with E-state index in [1.165, 1.54) is 0 Å². The number of pyridine rings is 1. The van der Waals surface area contributed by atoms with Crippen molar-refractivity contribution in [1.82, 2.24) is 10.3 Å². The normalized spacial score (nSPS) is 10.0. The summed E-state index contributed by atoms with van der Waals surface area (Å²) in [6.45, 7) is 0.290. The van der Waals surface area contributed by atoms with Crippen molar-refractivity contribution >= 4 is 17.5 Å². The minimum Gasteiger partial charge on any atom is -0.496 e. The number of carbonyl (C=O) groups is 1. The molecule has 1 heterocycles. The lowest BCUT2D eigenvalue weighted by molar-refractivity contribution is 0.0945. The Morgan fingerprint density at radius 2 is 2.16 bits per heavy atom. The molecule has 0 spiro atoms. The van der Waals surface area contributed by atoms with Crippen LogP contribution in [0.15, 0.2) is 42.6 Å². The molecule has 4 nitrogen and oxygen atoms in total. The van der Waals surface area contributed by atoms with Crippen molar-refractivity contribution in [2.45, 2.75) is 6.54 Å². The van der Waals surface area contributed by atoms with E-state index in [2.05, 4.69) is 10.3 Å². The zero-order valence-corrected chi connectivity index (χ0v) is 11.1. The largest absolute Gasteiger partial charge is 0.496 e. The third-order valence-corrected chi connectivity index (χ3v) is 2.97. The van der Waals surface area contributed by atoms with Crippen LogP contribution in [0.1, 0.15) is 16.1 Å². The summed E-state index contributed by atoms with van der Waals surface area (Å²) in [5.74, 6) is 0.399. The Labute approximate surface area is 116 Å². The van der Waals surface area contributed by atoms with Gasteiger partial charge < -0.3 is 10.1 Å². The predicted molar refractivity (Wildman–Crippen MR) is 73.4 cm³/mol. The monoisotopic (exact) mass is 276 g/mol. The van der Waals surface area contributed by atoms with Crippen LogP contribution in [0, 0.1) is 0 Å². The molecule has 5 heteroatoms. The Morgan fingerprint density at radius 3 is 2.84 bits per heavy atom. The lowest BCUT2D eigenvalue weighted by atomic mass is 10.2. The molecule has 0 saturated heterocycles. The number of aromatic nitrogens is 1. The molecule has 1 amide bonds. The number of hydrogen-bond acceptors (Lipinski definition) is 3. The van der Waals surface area contributed by atoms with Crippen molar-refractivity contribution in [2.75, 3.05) is 7.11 Å². The first-order valence-electron chi connectivity index (χ1n) is 5.73. The van der Waals surface area contributed by atoms with Gasteiger partial charge in [-0.2, -0.15) is 0 Å². The van der Waals surface area contributed by atoms with Gasteiger partial charge in [0, 0.05) is 23.3 Å². The molecule has 2 rings (SSSR count). The minimum absolute atomic E-state index is 0.248. The van der Waals surface area contributed by atoms with Gasteiger partial charge in [0.1, 0.15) is 11.4 Å². The standard InChI is InChI=1S/C14H13ClN2O2/c1-19-13-7-4-5-11(15)10(13)9-17-14(18)12-6-2-3-8-16-12/h2-8H,9H2,1H3,(H,17,18). The van der Waals surface area contributed by atoms with Gasteiger partial charge in [0.05, 0.1) is 7.11 Å². The smallest absolute Gasteiger partial charge is 0.270 e. The number of nitrogens with zero attached hydrogens (tertiary/aromatic N) is 1. The lowest BCUT2D eigenvalue weighted by Crippen LogP contribution is -2.24. The molecule has 19 heavy (non-hydrogen) atoms. The molecule has 1 N–H and O–H groups in total. The summed E-state index contributed by atoms with van der Waals surface area (Å²) in [6.07, 6.45) is 1.57. The van der Waals surface area contributed by atoms with Crippen LogP contribution >= 0.6 is 11.6 Å². The average molecular weight is 277 g/mol. The molecule has 1 aromatic heterocycles. The van der Waals surface area contributed by atoms with Crippen molar-refractivity contribution < 1.29 is 9.53 Å². The highest BCUT2D eigenvalue weighted by Crippen LogP contribution is 2.25. The summed E-state index contributed by atoms with van der Waals surface area (Å²) in [5.41, 5.74) is 1.12. The van der Waals surface area contributed by atoms with Crippen LogP contribution in [-0.4, -0.2) is 18.0 Å². The van der Waals surface area contributed by atoms with Crippen LogP contribution in [0.4, 0.5) is 0 Å². The van der Waals surface area contributed by atoms with Crippen molar-refractivity contribution in [3.05, 3.63) is 58.9 Å². The highest BCUT2D eigenvalue weighted by atomic mass is 35.5. The number of rotatable bonds is 4. The average Bonchev–Trinajstić information content (AvgIpc) is 2.46. The first kappa shape index (κ1) is 13.4. The molecule has 0 aliphatic heterocycles. The van der Waals surface area contributed by atoms with Gasteiger partial charge >= 0.3 is 0 Å². The predicted octanol–water partition coefficient (Wildman–Crippen LogP) is 2.67. The summed E-state index contributed by atoms with van der Waals surface area (Å²) in [7, 11) is 1.57. The molecule has 0 atom stereocenters. The van der Waals surface area contributed by atoms with E-state index >= 15 is 0 Å². The first-order valence-corrected chi connectivity index (χ1v) is 6.11. The topological polar surface area (TPSA) is 51.2 Å². The van der Waals surface area contributed by atoms with Gasteiger partial charge in [-0.3, -0.25) is 9.78 Å². The minimum atomic E-state index is -0.248. The van der Waals surface area contributed by atoms with Crippen LogP contribution in [-0.2, 0) is 6.54 Å². The Bertz CT molecular complexity index is 573. The van der Waals surface area contributed by atoms with E-state index in [1.807, 2.05) is 0 Å². The molecule has 0 aliphatic rings. The summed E-state index contributed by atoms with van der Waals surface area (Å²) in [6, 6.07) is 10.5. The summed E-state index contributed by atoms with van der Waals surface area (Å²) in [4.78, 5) is 15.9. The van der Waals surface area contributed by atoms with Crippen molar-refractivity contribution in [3.63, 3.8) is 0 Å². The maximum absolute atomic E-state index is 11.9. The fourth-order valence-electron chi connectivity index (χ4n) is 1.66. The number of methoxy groups -OCH3 is 1. The van der Waals surface area contributed by atoms with Gasteiger partial charge in [-0.25, -0.2) is 0 Å². The van der Waals surface area contributed by atoms with Crippen LogP contribution in [0.5, 0.6) is 5.75 Å². The van der Waals surface area contributed by atoms with Crippen LogP contribution in [0.2, 0.25) is 5.02 Å². The van der Waals surface area contributed by atoms with E-state index in [4.69, 9.17) is 16.3 Å². The molecule has 0 unspecified atom stereocenters. The second-order valence-corrected chi connectivity index (χ2v) is 4.23. The number of nitrogens with one attached hydrogen (secondary N) is 1. The number of amides is 1. The summed E-state index contributed by atoms with van der Waals surface area (Å²) >= 11 is 6.09. The molecular weight excluding hydrogens is 264 g/mol. The second-order valence-electron chi connectivity index (χ2n) is 3.82. The van der Waals surface area contributed by atoms with E-state index in [-0.39, 0.29) is 12.5 Å². The molecular formula is C14H13ClN2O2. The Kier molecular flexibility index (Phi) is 4.36. The highest BCUT2D eigenvalue weighted by molar-refractivity contribution is 6.31. The maximum Gasteiger partial charge on any atom is 0.270 e. The van der Waals surface area contributed by atoms with Gasteiger partial charge in [0.25, 0.3) is 5.91 Å². The van der Waals surface area contributed by atoms with Gasteiger partial charge in [0.2, 0.25) is 0 Å². The van der Waals surface area contributed by atoms with E-state index in [1.54, 1.807) is 49.7 Å². The SMILES string of the molecule is COc1cccc(Cl)c1CNC(=O)c1ccccn1. The molecule has 0 bridgehead atoms. The van der Waals surface area contributed by atoms with Gasteiger partial charge in [-0.05, 0) is 24.3 Å². The Morgan fingerprint density at radius 1 is 1.32 bits per heavy atom. The van der Waals surface area contributed by atoms with E-state index in [0.29, 0.717) is 16.5 Å². The number of hydrogen-bond donors (Lipinski definition) is 1. The van der Waals surface area contributed by atoms with Crippen molar-refractivity contribution in [3.8, 4) is 5.75 Å². The van der Waals surface area contributed by atoms with Crippen molar-refractivity contribution in [2.24, 2.45) is 0 Å². The zero-order chi connectivity index (χ0) is 13.7. The van der Waals surface area contributed by atoms with Gasteiger partial charge in [0.15, 0.2) is 0 Å². The Balaban J connectivity index is 2.09. The molecule has 0 fully saturated rings. The third-order valence-electron chi connectivity index (χ3n) is 2.62. The lowest BCUT2D eigenvalue weighted by Gasteiger charge is -2.11. The summed E-state index contributed by atoms with van der Waals surface area (Å²) < 4.78 is 5.21. The fraction of sp³-hybridized carbons (Fsp3) is 0.143. The number of halogens is 1. The van der Waals surface area contributed by atoms with E-state index in [0.717, 1.165) is 5.56 Å². The zero-order valence-electron chi connectivity index (χ0n) is 10.4. The Hall–Kier alpha value is -2.07. The van der Waals surface area contributed by atoms with Crippen LogP contribution < -0.4 is 10.1 Å². The van der Waals surface area contributed by atoms with Gasteiger partial charge in [-0.1, -0.05) is 23.7 Å². The molecule has 2 aromatic rings. The number of carbonyl (C=O) groups excluding carboxylic acids is 1. The van der Waals surface area contributed by atoms with E-state index < -0.39 is 0 Å². The molecule has 1 aromatic carbocycles. The molecule has 0 saturated carbocycles. The number of benzene rings is 1. The highest BCUT2D eigenvalue weighted by Gasteiger charge is 2.10. The first-order chi connectivity index (χ1) is 9.22. The quantitative estimate of drug-likeness (QED) is 0.934. The number of ether oxygens (including phenoxy) is 1. The van der Waals surface area contributed by atoms with Crippen LogP contribution in [0.3, 0.4) is 0 Å². The molecule has 98 valence electrons. The fourth-order valence-corrected chi connectivity index (χ4v) is 1.89. The van der Waals surface area contributed by atoms with Crippen molar-refractivity contribution in [1.29, 1.82) is 0 Å². The maximum atomic E-state index is 11.9.